The van der Waals surface area contributed by atoms with Crippen molar-refractivity contribution in [1.82, 2.24) is 0 Å². The van der Waals surface area contributed by atoms with Gasteiger partial charge in [-0.15, -0.1) is 0 Å². The minimum Gasteiger partial charge on any atom is -0.498 e. The van der Waals surface area contributed by atoms with Gasteiger partial charge in [0.1, 0.15) is 0 Å². The number of hydrogen-bond donors (Lipinski definition) is 0. The first kappa shape index (κ1) is 7.64. The highest BCUT2D eigenvalue weighted by Gasteiger charge is 2.13. The fraction of sp³-hybridized carbons (Fsp3) is 0.778. The van der Waals surface area contributed by atoms with Gasteiger partial charge in [0, 0.05) is 0 Å². The van der Waals surface area contributed by atoms with E-state index in [0.29, 0.717) is 6.10 Å². The SMILES string of the molecule is CC(C)=COC1CCCC1. The van der Waals surface area contributed by atoms with Crippen LogP contribution in [0.5, 0.6) is 0 Å². The summed E-state index contributed by atoms with van der Waals surface area (Å²) in [6, 6.07) is 0. The van der Waals surface area contributed by atoms with E-state index in [0.717, 1.165) is 0 Å². The molecule has 0 heterocycles. The van der Waals surface area contributed by atoms with E-state index < -0.39 is 0 Å². The Morgan fingerprint density at radius 1 is 1.30 bits per heavy atom. The molecule has 1 nitrogen and oxygen atoms in total. The van der Waals surface area contributed by atoms with Crippen LogP contribution < -0.4 is 0 Å². The van der Waals surface area contributed by atoms with Gasteiger partial charge in [0.25, 0.3) is 0 Å². The molecule has 0 aromatic heterocycles. The van der Waals surface area contributed by atoms with Gasteiger partial charge in [-0.2, -0.15) is 0 Å². The maximum Gasteiger partial charge on any atom is 0.0978 e. The standard InChI is InChI=1S/C9H16O/c1-8(2)7-10-9-5-3-4-6-9/h7,9H,3-6H2,1-2H3. The molecule has 0 aliphatic heterocycles. The first-order valence-corrected chi connectivity index (χ1v) is 4.08. The van der Waals surface area contributed by atoms with E-state index in [9.17, 15) is 0 Å². The van der Waals surface area contributed by atoms with Crippen molar-refractivity contribution in [3.8, 4) is 0 Å². The van der Waals surface area contributed by atoms with Crippen LogP contribution in [0.25, 0.3) is 0 Å². The summed E-state index contributed by atoms with van der Waals surface area (Å²) in [5.41, 5.74) is 1.26. The highest BCUT2D eigenvalue weighted by molar-refractivity contribution is 4.87. The monoisotopic (exact) mass is 140 g/mol. The summed E-state index contributed by atoms with van der Waals surface area (Å²) in [6.07, 6.45) is 7.61. The Kier molecular flexibility index (Phi) is 2.79. The fourth-order valence-corrected chi connectivity index (χ4v) is 1.26. The third-order valence-electron chi connectivity index (χ3n) is 1.80. The van der Waals surface area contributed by atoms with Crippen LogP contribution in [0.15, 0.2) is 11.8 Å². The van der Waals surface area contributed by atoms with Crippen LogP contribution in [-0.2, 0) is 4.74 Å². The van der Waals surface area contributed by atoms with E-state index in [4.69, 9.17) is 4.74 Å². The molecule has 1 saturated carbocycles. The van der Waals surface area contributed by atoms with Gasteiger partial charge < -0.3 is 4.74 Å². The van der Waals surface area contributed by atoms with Crippen molar-refractivity contribution in [2.75, 3.05) is 0 Å². The van der Waals surface area contributed by atoms with Gasteiger partial charge >= 0.3 is 0 Å². The van der Waals surface area contributed by atoms with Crippen LogP contribution in [0, 0.1) is 0 Å². The minimum atomic E-state index is 0.523. The lowest BCUT2D eigenvalue weighted by molar-refractivity contribution is 0.149. The Morgan fingerprint density at radius 2 is 1.90 bits per heavy atom. The molecule has 0 bridgehead atoms. The van der Waals surface area contributed by atoms with Crippen molar-refractivity contribution in [3.63, 3.8) is 0 Å². The van der Waals surface area contributed by atoms with Crippen molar-refractivity contribution < 1.29 is 4.74 Å². The Hall–Kier alpha value is -0.460. The summed E-state index contributed by atoms with van der Waals surface area (Å²) in [4.78, 5) is 0. The molecule has 0 atom stereocenters. The molecule has 0 unspecified atom stereocenters. The normalized spacial score (nSPS) is 19.0. The zero-order chi connectivity index (χ0) is 7.40. The van der Waals surface area contributed by atoms with Gasteiger partial charge in [-0.1, -0.05) is 0 Å². The van der Waals surface area contributed by atoms with Crippen LogP contribution in [0.3, 0.4) is 0 Å². The Bertz CT molecular complexity index is 117. The molecule has 10 heavy (non-hydrogen) atoms. The Morgan fingerprint density at radius 3 is 2.40 bits per heavy atom. The van der Waals surface area contributed by atoms with E-state index >= 15 is 0 Å². The van der Waals surface area contributed by atoms with Gasteiger partial charge in [0.15, 0.2) is 0 Å². The summed E-state index contributed by atoms with van der Waals surface area (Å²) in [5.74, 6) is 0. The molecule has 0 spiro atoms. The lowest BCUT2D eigenvalue weighted by Crippen LogP contribution is -2.01. The molecule has 1 heteroatoms. The highest BCUT2D eigenvalue weighted by Crippen LogP contribution is 2.21. The second-order valence-electron chi connectivity index (χ2n) is 3.24. The number of allylic oxidation sites excluding steroid dienone is 1. The van der Waals surface area contributed by atoms with E-state index in [1.54, 1.807) is 0 Å². The lowest BCUT2D eigenvalue weighted by atomic mass is 10.3. The van der Waals surface area contributed by atoms with Gasteiger partial charge in [-0.05, 0) is 45.1 Å². The Balaban J connectivity index is 2.18. The second kappa shape index (κ2) is 3.65. The smallest absolute Gasteiger partial charge is 0.0978 e. The quantitative estimate of drug-likeness (QED) is 0.536. The van der Waals surface area contributed by atoms with Crippen molar-refractivity contribution >= 4 is 0 Å². The summed E-state index contributed by atoms with van der Waals surface area (Å²) < 4.78 is 5.50. The van der Waals surface area contributed by atoms with E-state index in [1.807, 2.05) is 6.26 Å². The van der Waals surface area contributed by atoms with Crippen molar-refractivity contribution in [3.05, 3.63) is 11.8 Å². The summed E-state index contributed by atoms with van der Waals surface area (Å²) in [5, 5.41) is 0. The predicted octanol–water partition coefficient (Wildman–Crippen LogP) is 2.87. The molecule has 0 N–H and O–H groups in total. The number of ether oxygens (including phenoxy) is 1. The largest absolute Gasteiger partial charge is 0.498 e. The van der Waals surface area contributed by atoms with Crippen LogP contribution >= 0.6 is 0 Å². The molecule has 0 radical (unpaired) electrons. The Labute approximate surface area is 63.1 Å². The summed E-state index contributed by atoms with van der Waals surface area (Å²) >= 11 is 0. The molecule has 0 aromatic carbocycles. The second-order valence-corrected chi connectivity index (χ2v) is 3.24. The molecule has 1 fully saturated rings. The molecule has 0 saturated heterocycles. The van der Waals surface area contributed by atoms with Crippen LogP contribution in [-0.4, -0.2) is 6.10 Å². The predicted molar refractivity (Wildman–Crippen MR) is 42.8 cm³/mol. The van der Waals surface area contributed by atoms with E-state index in [-0.39, 0.29) is 0 Å². The van der Waals surface area contributed by atoms with Crippen molar-refractivity contribution in [2.45, 2.75) is 45.6 Å². The van der Waals surface area contributed by atoms with Gasteiger partial charge in [-0.25, -0.2) is 0 Å². The zero-order valence-corrected chi connectivity index (χ0v) is 6.89. The van der Waals surface area contributed by atoms with Crippen molar-refractivity contribution in [2.24, 2.45) is 0 Å². The summed E-state index contributed by atoms with van der Waals surface area (Å²) in [6.45, 7) is 4.13. The average molecular weight is 140 g/mol. The minimum absolute atomic E-state index is 0.523. The molecule has 1 aliphatic carbocycles. The summed E-state index contributed by atoms with van der Waals surface area (Å²) in [7, 11) is 0. The van der Waals surface area contributed by atoms with Crippen LogP contribution in [0.2, 0.25) is 0 Å². The first-order chi connectivity index (χ1) is 4.79. The zero-order valence-electron chi connectivity index (χ0n) is 6.89. The maximum atomic E-state index is 5.50. The average Bonchev–Trinajstić information content (AvgIpc) is 2.34. The molecular weight excluding hydrogens is 124 g/mol. The molecule has 1 rings (SSSR count). The van der Waals surface area contributed by atoms with Gasteiger partial charge in [0.05, 0.1) is 12.4 Å². The third-order valence-corrected chi connectivity index (χ3v) is 1.80. The van der Waals surface area contributed by atoms with Gasteiger partial charge in [-0.3, -0.25) is 0 Å². The molecule has 0 amide bonds. The fourth-order valence-electron chi connectivity index (χ4n) is 1.26. The van der Waals surface area contributed by atoms with Crippen LogP contribution in [0.1, 0.15) is 39.5 Å². The maximum absolute atomic E-state index is 5.50. The molecular formula is C9H16O. The molecule has 0 aromatic rings. The topological polar surface area (TPSA) is 9.23 Å². The third kappa shape index (κ3) is 2.42. The van der Waals surface area contributed by atoms with E-state index in [1.165, 1.54) is 31.3 Å². The molecule has 58 valence electrons. The van der Waals surface area contributed by atoms with E-state index in [2.05, 4.69) is 13.8 Å². The lowest BCUT2D eigenvalue weighted by Gasteiger charge is -2.07. The van der Waals surface area contributed by atoms with Crippen molar-refractivity contribution in [1.29, 1.82) is 0 Å². The first-order valence-electron chi connectivity index (χ1n) is 4.08. The molecule has 1 aliphatic rings. The number of rotatable bonds is 2. The highest BCUT2D eigenvalue weighted by atomic mass is 16.5. The van der Waals surface area contributed by atoms with Gasteiger partial charge in [0.2, 0.25) is 0 Å². The van der Waals surface area contributed by atoms with Crippen LogP contribution in [0.4, 0.5) is 0 Å². The number of hydrogen-bond acceptors (Lipinski definition) is 1.